The van der Waals surface area contributed by atoms with Crippen molar-refractivity contribution < 1.29 is 0 Å². The monoisotopic (exact) mass is 332 g/mol. The van der Waals surface area contributed by atoms with E-state index in [0.717, 1.165) is 18.5 Å². The smallest absolute Gasteiger partial charge is 0.0399 e. The Morgan fingerprint density at radius 3 is 2.70 bits per heavy atom. The zero-order chi connectivity index (χ0) is 16.1. The molecule has 2 atom stereocenters. The molecule has 1 aromatic rings. The Morgan fingerprint density at radius 2 is 1.87 bits per heavy atom. The van der Waals surface area contributed by atoms with Crippen molar-refractivity contribution in [3.8, 4) is 0 Å². The number of para-hydroxylation sites is 1. The number of nitrogens with one attached hydrogen (secondary N) is 1. The van der Waals surface area contributed by atoms with Crippen molar-refractivity contribution in [1.82, 2.24) is 4.90 Å². The van der Waals surface area contributed by atoms with Crippen molar-refractivity contribution in [3.05, 3.63) is 29.3 Å². The predicted octanol–water partition coefficient (Wildman–Crippen LogP) is 4.71. The Balaban J connectivity index is 1.39. The van der Waals surface area contributed by atoms with E-state index in [9.17, 15) is 0 Å². The zero-order valence-corrected chi connectivity index (χ0v) is 15.6. The van der Waals surface area contributed by atoms with E-state index in [2.05, 4.69) is 54.0 Å². The second kappa shape index (κ2) is 8.43. The number of hydrogen-bond donors (Lipinski definition) is 1. The molecular formula is C20H32N2S. The van der Waals surface area contributed by atoms with Gasteiger partial charge in [0.2, 0.25) is 0 Å². The Hall–Kier alpha value is -0.670. The molecule has 3 rings (SSSR count). The van der Waals surface area contributed by atoms with Crippen LogP contribution in [-0.2, 0) is 0 Å². The first-order valence-corrected chi connectivity index (χ1v) is 10.5. The van der Waals surface area contributed by atoms with Crippen LogP contribution < -0.4 is 5.32 Å². The first-order valence-electron chi connectivity index (χ1n) is 9.37. The van der Waals surface area contributed by atoms with Gasteiger partial charge < -0.3 is 10.2 Å². The molecule has 0 saturated carbocycles. The minimum Gasteiger partial charge on any atom is -0.384 e. The first kappa shape index (κ1) is 17.2. The van der Waals surface area contributed by atoms with Gasteiger partial charge in [-0.1, -0.05) is 24.6 Å². The van der Waals surface area contributed by atoms with Crippen LogP contribution >= 0.6 is 11.8 Å². The van der Waals surface area contributed by atoms with Crippen LogP contribution in [0, 0.1) is 19.8 Å². The van der Waals surface area contributed by atoms with Gasteiger partial charge in [-0.05, 0) is 75.4 Å². The highest BCUT2D eigenvalue weighted by Crippen LogP contribution is 2.32. The van der Waals surface area contributed by atoms with Gasteiger partial charge in [-0.2, -0.15) is 11.8 Å². The first-order chi connectivity index (χ1) is 11.3. The lowest BCUT2D eigenvalue weighted by Crippen LogP contribution is -2.48. The molecule has 2 saturated heterocycles. The third-order valence-corrected chi connectivity index (χ3v) is 6.75. The number of piperidine rings is 2. The number of thioether (sulfide) groups is 1. The van der Waals surface area contributed by atoms with Gasteiger partial charge in [0.05, 0.1) is 0 Å². The summed E-state index contributed by atoms with van der Waals surface area (Å²) in [5.74, 6) is 3.52. The second-order valence-electron chi connectivity index (χ2n) is 7.27. The normalized spacial score (nSPS) is 25.1. The largest absolute Gasteiger partial charge is 0.384 e. The maximum atomic E-state index is 3.64. The fourth-order valence-electron chi connectivity index (χ4n) is 4.35. The molecular weight excluding hydrogens is 300 g/mol. The van der Waals surface area contributed by atoms with E-state index in [4.69, 9.17) is 0 Å². The third kappa shape index (κ3) is 4.45. The Bertz CT molecular complexity index is 480. The molecule has 0 aliphatic carbocycles. The molecule has 0 radical (unpaired) electrons. The Morgan fingerprint density at radius 1 is 1.09 bits per heavy atom. The summed E-state index contributed by atoms with van der Waals surface area (Å²) >= 11 is 2.16. The number of aryl methyl sites for hydroxylation is 2. The van der Waals surface area contributed by atoms with Crippen molar-refractivity contribution >= 4 is 17.4 Å². The minimum absolute atomic E-state index is 0.900. The highest BCUT2D eigenvalue weighted by molar-refractivity contribution is 7.99. The van der Waals surface area contributed by atoms with Crippen LogP contribution in [0.5, 0.6) is 0 Å². The Kier molecular flexibility index (Phi) is 6.29. The summed E-state index contributed by atoms with van der Waals surface area (Å²) in [6.45, 7) is 8.20. The van der Waals surface area contributed by atoms with E-state index >= 15 is 0 Å². The predicted molar refractivity (Wildman–Crippen MR) is 104 cm³/mol. The zero-order valence-electron chi connectivity index (χ0n) is 14.8. The van der Waals surface area contributed by atoms with Gasteiger partial charge in [0, 0.05) is 24.0 Å². The third-order valence-electron chi connectivity index (χ3n) is 5.59. The molecule has 0 aromatic heterocycles. The number of fused-ring (bicyclic) bond motifs is 1. The maximum absolute atomic E-state index is 3.64. The highest BCUT2D eigenvalue weighted by atomic mass is 32.2. The fourth-order valence-corrected chi connectivity index (χ4v) is 5.45. The molecule has 0 bridgehead atoms. The summed E-state index contributed by atoms with van der Waals surface area (Å²) in [4.78, 5) is 2.78. The quantitative estimate of drug-likeness (QED) is 0.759. The maximum Gasteiger partial charge on any atom is 0.0399 e. The molecule has 1 aromatic carbocycles. The summed E-state index contributed by atoms with van der Waals surface area (Å²) in [6.07, 6.45) is 7.21. The average molecular weight is 333 g/mol. The molecule has 1 N–H and O–H groups in total. The molecule has 23 heavy (non-hydrogen) atoms. The summed E-state index contributed by atoms with van der Waals surface area (Å²) in [6, 6.07) is 7.44. The van der Waals surface area contributed by atoms with E-state index in [0.29, 0.717) is 0 Å². The van der Waals surface area contributed by atoms with Gasteiger partial charge in [-0.25, -0.2) is 0 Å². The van der Waals surface area contributed by atoms with Crippen molar-refractivity contribution in [2.24, 2.45) is 5.92 Å². The van der Waals surface area contributed by atoms with E-state index < -0.39 is 0 Å². The molecule has 2 nitrogen and oxygen atoms in total. The number of nitrogens with zero attached hydrogens (tertiary/aromatic N) is 1. The second-order valence-corrected chi connectivity index (χ2v) is 8.42. The summed E-state index contributed by atoms with van der Waals surface area (Å²) in [7, 11) is 0. The van der Waals surface area contributed by atoms with Crippen molar-refractivity contribution in [3.63, 3.8) is 0 Å². The molecule has 2 fully saturated rings. The molecule has 0 unspecified atom stereocenters. The molecule has 0 amide bonds. The van der Waals surface area contributed by atoms with E-state index in [-0.39, 0.29) is 0 Å². The lowest BCUT2D eigenvalue weighted by Gasteiger charge is -2.44. The topological polar surface area (TPSA) is 15.3 Å². The summed E-state index contributed by atoms with van der Waals surface area (Å²) < 4.78 is 0. The fraction of sp³-hybridized carbons (Fsp3) is 0.700. The SMILES string of the molecule is Cc1cccc(C)c1NCCSC[C@@H]1CCCN2CCCC[C@H]12. The summed E-state index contributed by atoms with van der Waals surface area (Å²) in [5.41, 5.74) is 4.06. The number of anilines is 1. The van der Waals surface area contributed by atoms with E-state index in [1.165, 1.54) is 73.5 Å². The van der Waals surface area contributed by atoms with Gasteiger partial charge in [-0.3, -0.25) is 0 Å². The highest BCUT2D eigenvalue weighted by Gasteiger charge is 2.32. The van der Waals surface area contributed by atoms with Crippen LogP contribution in [-0.4, -0.2) is 42.1 Å². The number of rotatable bonds is 6. The molecule has 2 aliphatic heterocycles. The van der Waals surface area contributed by atoms with E-state index in [1.54, 1.807) is 0 Å². The lowest BCUT2D eigenvalue weighted by molar-refractivity contribution is 0.0693. The molecule has 0 spiro atoms. The molecule has 2 aliphatic rings. The Labute approximate surface area is 146 Å². The number of hydrogen-bond acceptors (Lipinski definition) is 3. The van der Waals surface area contributed by atoms with Crippen molar-refractivity contribution in [2.75, 3.05) is 36.5 Å². The van der Waals surface area contributed by atoms with Crippen molar-refractivity contribution in [2.45, 2.75) is 52.0 Å². The van der Waals surface area contributed by atoms with Crippen LogP contribution in [0.3, 0.4) is 0 Å². The van der Waals surface area contributed by atoms with Crippen LogP contribution in [0.4, 0.5) is 5.69 Å². The number of benzene rings is 1. The van der Waals surface area contributed by atoms with Gasteiger partial charge in [-0.15, -0.1) is 0 Å². The van der Waals surface area contributed by atoms with Crippen molar-refractivity contribution in [1.29, 1.82) is 0 Å². The summed E-state index contributed by atoms with van der Waals surface area (Å²) in [5, 5.41) is 3.64. The lowest BCUT2D eigenvalue weighted by atomic mass is 9.85. The minimum atomic E-state index is 0.900. The van der Waals surface area contributed by atoms with Gasteiger partial charge in [0.25, 0.3) is 0 Å². The van der Waals surface area contributed by atoms with Crippen LogP contribution in [0.25, 0.3) is 0 Å². The average Bonchev–Trinajstić information content (AvgIpc) is 2.57. The molecule has 3 heteroatoms. The van der Waals surface area contributed by atoms with Crippen LogP contribution in [0.2, 0.25) is 0 Å². The van der Waals surface area contributed by atoms with E-state index in [1.807, 2.05) is 0 Å². The van der Waals surface area contributed by atoms with Gasteiger partial charge >= 0.3 is 0 Å². The molecule has 2 heterocycles. The van der Waals surface area contributed by atoms with Gasteiger partial charge in [0.1, 0.15) is 0 Å². The van der Waals surface area contributed by atoms with Crippen LogP contribution in [0.1, 0.15) is 43.2 Å². The van der Waals surface area contributed by atoms with Gasteiger partial charge in [0.15, 0.2) is 0 Å². The van der Waals surface area contributed by atoms with Crippen LogP contribution in [0.15, 0.2) is 18.2 Å². The molecule has 128 valence electrons. The standard InChI is InChI=1S/C20H32N2S/c1-16-7-5-8-17(2)20(16)21-11-14-23-15-18-9-6-13-22-12-4-3-10-19(18)22/h5,7-8,18-19,21H,3-4,6,9-15H2,1-2H3/t18-,19+/m0/s1.